The number of hydrogen-bond donors (Lipinski definition) is 7. The number of nitrogens with zero attached hydrogens (tertiary/aromatic N) is 14. The van der Waals surface area contributed by atoms with E-state index in [0.717, 1.165) is 12.0 Å². The molecule has 10 N–H and O–H groups in total. The second-order valence-electron chi connectivity index (χ2n) is 15.3. The summed E-state index contributed by atoms with van der Waals surface area (Å²) in [6.07, 6.45) is 0.924. The number of aryl methyl sites for hydroxylation is 3. The molecule has 0 spiro atoms. The molecule has 5 heterocycles. The fourth-order valence-electron chi connectivity index (χ4n) is 5.36. The third kappa shape index (κ3) is 43.7. The maximum absolute atomic E-state index is 10.6. The number of aromatic amines is 1. The molecule has 44 heteroatoms. The van der Waals surface area contributed by atoms with Crippen LogP contribution in [0.1, 0.15) is 80.4 Å². The third-order valence-corrected chi connectivity index (χ3v) is 10.5. The number of nitrogens with one attached hydrogen (secondary N) is 5. The number of carboxylic acids is 4. The molecular weight excluding hydrogens is 1490 g/mol. The molecule has 30 nitrogen and oxygen atoms in total. The minimum Gasteiger partial charge on any atom is -0.545 e. The fraction of sp³-hybridized carbons (Fsp3) is 0.157. The number of carboxylic acid groups (broad SMARTS) is 4. The maximum atomic E-state index is 10.6. The van der Waals surface area contributed by atoms with Crippen LogP contribution in [0.15, 0.2) is 102 Å². The number of nitrogens with two attached hydrogens (primary N) is 1. The van der Waals surface area contributed by atoms with Crippen molar-refractivity contribution >= 4 is 177 Å². The van der Waals surface area contributed by atoms with Gasteiger partial charge in [-0.1, -0.05) is 82.4 Å². The molecule has 0 amide bonds. The molecule has 0 aliphatic rings. The predicted octanol–water partition coefficient (Wildman–Crippen LogP) is -5.40. The average molecular weight is 1550 g/mol. The van der Waals surface area contributed by atoms with E-state index >= 15 is 0 Å². The van der Waals surface area contributed by atoms with Crippen molar-refractivity contribution in [3.05, 3.63) is 189 Å². The van der Waals surface area contributed by atoms with Crippen molar-refractivity contribution < 1.29 is 158 Å². The number of halogens is 8. The fourth-order valence-corrected chi connectivity index (χ4v) is 6.90. The molecule has 95 heavy (non-hydrogen) atoms. The predicted molar refractivity (Wildman–Crippen MR) is 355 cm³/mol. The Morgan fingerprint density at radius 3 is 0.958 bits per heavy atom. The number of hydrogen-bond acceptors (Lipinski definition) is 29. The first-order valence-corrected chi connectivity index (χ1v) is 26.3. The summed E-state index contributed by atoms with van der Waals surface area (Å²) in [6.45, 7) is 5.48. The molecule has 0 bridgehead atoms. The summed E-state index contributed by atoms with van der Waals surface area (Å²) < 4.78 is 0. The van der Waals surface area contributed by atoms with Crippen LogP contribution >= 0.6 is 113 Å². The summed E-state index contributed by atoms with van der Waals surface area (Å²) in [7, 11) is 3.39. The van der Waals surface area contributed by atoms with E-state index in [4.69, 9.17) is 98.5 Å². The van der Waals surface area contributed by atoms with Gasteiger partial charge in [-0.15, -0.1) is 0 Å². The number of rotatable bonds is 11. The standard InChI is InChI=1S/2C10H6Cl2N4O2.C9H10O2.C7H7NO2.C5H7ClN4.C5H8N4O.C3Cl3N3.2CH4.H3N.4Na.2H3P/c2*11-8-14-9(12)16-10(15-8)13-6-3-1-5(2-4-6)7(17)18;1-2-7-3-5-8(6-4-7)9(10)11;8-6-3-1-5(2-4-6)7(9)10;1-3-8-4(6)10-5(7-2)9-3;1-3-7-4(6-2)9-5(10)8-3;4-1-7-2(5)9-3(6)8-1;;;;;;;;;/h2*1-4H,(H,17,18)(H,13,14,15,16);3-6H,2H2,1H3,(H,10,11);1-4H,8H2,(H,9,10);1-2H3,(H,7,8,9,10);1-2H3,(H2,6,7,8,9,10);;2*1H4;1H3;;;;;2*1H3/q;;;;;;;;;;4*+1;;/p-4. The minimum absolute atomic E-state index is 0. The summed E-state index contributed by atoms with van der Waals surface area (Å²) in [5.41, 5.74) is 8.32. The summed E-state index contributed by atoms with van der Waals surface area (Å²) >= 11 is 43.9. The van der Waals surface area contributed by atoms with Crippen molar-refractivity contribution in [2.45, 2.75) is 42.0 Å². The first-order valence-electron chi connectivity index (χ1n) is 23.2. The Kier molecular flexibility index (Phi) is 61.0. The van der Waals surface area contributed by atoms with Crippen LogP contribution in [-0.4, -0.2) is 113 Å². The number of aromatic carboxylic acids is 4. The van der Waals surface area contributed by atoms with Crippen LogP contribution in [-0.2, 0) is 6.42 Å². The van der Waals surface area contributed by atoms with Gasteiger partial charge in [0, 0.05) is 31.2 Å². The van der Waals surface area contributed by atoms with Crippen molar-refractivity contribution in [3.63, 3.8) is 0 Å². The Bertz CT molecular complexity index is 3580. The van der Waals surface area contributed by atoms with Crippen LogP contribution in [0.3, 0.4) is 0 Å². The van der Waals surface area contributed by atoms with Crippen molar-refractivity contribution in [2.24, 2.45) is 0 Å². The topological polar surface area (TPSA) is 483 Å². The van der Waals surface area contributed by atoms with E-state index in [0.29, 0.717) is 40.6 Å². The Labute approximate surface area is 680 Å². The van der Waals surface area contributed by atoms with E-state index in [9.17, 15) is 44.4 Å². The van der Waals surface area contributed by atoms with Gasteiger partial charge < -0.3 is 72.8 Å². The average Bonchev–Trinajstić information content (AvgIpc) is 2.91. The molecule has 4 aromatic carbocycles. The quantitative estimate of drug-likeness (QED) is 0.0361. The van der Waals surface area contributed by atoms with Crippen LogP contribution in [0.4, 0.5) is 40.9 Å². The number of benzene rings is 4. The van der Waals surface area contributed by atoms with Gasteiger partial charge in [-0.25, -0.2) is 14.8 Å². The van der Waals surface area contributed by atoms with Crippen LogP contribution in [0.5, 0.6) is 0 Å². The monoisotopic (exact) mass is 1540 g/mol. The molecule has 0 aliphatic heterocycles. The SMILES string of the molecule is C.C.CCc1ccc(C(=O)[O-])cc1.CNc1nc(C)[nH]c(=O)n1.CNc1nc(C)nc(Cl)n1.Clc1nc(Cl)nc(Cl)n1.N.Nc1ccc(C(=O)[O-])cc1.O=C([O-])c1ccc(Nc2nc(Cl)nc(Cl)n2)cc1.O=C([O-])c1ccc(Nc2nc(Cl)nc(Cl)n2)cc1.P.P.[Na+].[Na+].[Na+].[Na+]. The zero-order chi connectivity index (χ0) is 64.0. The molecule has 490 valence electrons. The van der Waals surface area contributed by atoms with Gasteiger partial charge in [0.1, 0.15) is 11.6 Å². The Morgan fingerprint density at radius 2 is 0.684 bits per heavy atom. The second-order valence-corrected chi connectivity index (χ2v) is 18.0. The molecule has 0 fully saturated rings. The van der Waals surface area contributed by atoms with E-state index in [1.165, 1.54) is 72.8 Å². The molecule has 0 saturated carbocycles. The molecule has 0 aliphatic carbocycles. The van der Waals surface area contributed by atoms with Gasteiger partial charge in [0.05, 0.1) is 23.9 Å². The summed E-state index contributed by atoms with van der Waals surface area (Å²) in [5.74, 6) is -2.43. The zero-order valence-electron chi connectivity index (χ0n) is 50.6. The summed E-state index contributed by atoms with van der Waals surface area (Å²) in [6, 6.07) is 24.3. The molecule has 9 rings (SSSR count). The molecule has 5 aromatic heterocycles. The Morgan fingerprint density at radius 1 is 0.421 bits per heavy atom. The number of carbonyl (C=O) groups excluding carboxylic acids is 4. The normalized spacial score (nSPS) is 8.81. The second kappa shape index (κ2) is 55.6. The van der Waals surface area contributed by atoms with E-state index in [2.05, 4.69) is 96.0 Å². The minimum atomic E-state index is -1.24. The van der Waals surface area contributed by atoms with Crippen molar-refractivity contribution in [3.8, 4) is 0 Å². The van der Waals surface area contributed by atoms with E-state index in [-0.39, 0.29) is 241 Å². The number of H-pyrrole nitrogens is 1. The van der Waals surface area contributed by atoms with Crippen LogP contribution in [0, 0.1) is 13.8 Å². The van der Waals surface area contributed by atoms with Gasteiger partial charge >= 0.3 is 124 Å². The van der Waals surface area contributed by atoms with Gasteiger partial charge in [0.2, 0.25) is 66.1 Å². The molecule has 2 atom stereocenters. The van der Waals surface area contributed by atoms with E-state index in [1.54, 1.807) is 52.2 Å². The van der Waals surface area contributed by atoms with Crippen molar-refractivity contribution in [1.82, 2.24) is 80.9 Å². The van der Waals surface area contributed by atoms with Crippen molar-refractivity contribution in [1.29, 1.82) is 0 Å². The van der Waals surface area contributed by atoms with E-state index in [1.807, 2.05) is 6.92 Å². The van der Waals surface area contributed by atoms with Gasteiger partial charge in [0.25, 0.3) is 0 Å². The molecule has 0 saturated heterocycles. The third-order valence-electron chi connectivity index (χ3n) is 9.15. The first kappa shape index (κ1) is 104. The Hall–Kier alpha value is -4.25. The largest absolute Gasteiger partial charge is 1.00 e. The number of aromatic nitrogens is 15. The van der Waals surface area contributed by atoms with Gasteiger partial charge in [-0.3, -0.25) is 4.98 Å². The molecule has 9 aromatic rings. The van der Waals surface area contributed by atoms with Crippen LogP contribution in [0.25, 0.3) is 0 Å². The van der Waals surface area contributed by atoms with Crippen LogP contribution < -0.4 is 177 Å². The van der Waals surface area contributed by atoms with E-state index < -0.39 is 23.9 Å². The number of nitrogen functional groups attached to an aromatic ring is 1. The first-order chi connectivity index (χ1) is 40.6. The smallest absolute Gasteiger partial charge is 0.545 e. The van der Waals surface area contributed by atoms with Gasteiger partial charge in [0.15, 0.2) is 0 Å². The van der Waals surface area contributed by atoms with Gasteiger partial charge in [-0.05, 0) is 177 Å². The summed E-state index contributed by atoms with van der Waals surface area (Å²) in [4.78, 5) is 106. The molecule has 2 unspecified atom stereocenters. The molecular formula is C51H57Cl8N21Na4O9P2. The van der Waals surface area contributed by atoms with Crippen molar-refractivity contribution in [2.75, 3.05) is 41.1 Å². The summed E-state index contributed by atoms with van der Waals surface area (Å²) in [5, 5.41) is 52.7. The number of anilines is 7. The van der Waals surface area contributed by atoms with Gasteiger partial charge in [-0.2, -0.15) is 79.6 Å². The zero-order valence-corrected chi connectivity index (χ0v) is 67.5. The maximum Gasteiger partial charge on any atom is 1.00 e. The van der Waals surface area contributed by atoms with Crippen LogP contribution in [0.2, 0.25) is 42.3 Å². The Balaban J connectivity index is -0.000000190. The number of carbonyl (C=O) groups is 4. The molecule has 0 radical (unpaired) electrons.